The quantitative estimate of drug-likeness (QED) is 0.0259. The van der Waals surface area contributed by atoms with Crippen molar-refractivity contribution in [3.05, 3.63) is 156 Å². The van der Waals surface area contributed by atoms with Gasteiger partial charge in [0.05, 0.1) is 11.4 Å². The molecule has 0 bridgehead atoms. The van der Waals surface area contributed by atoms with Gasteiger partial charge < -0.3 is 10.2 Å². The van der Waals surface area contributed by atoms with Crippen LogP contribution in [0.5, 0.6) is 0 Å². The van der Waals surface area contributed by atoms with Crippen LogP contribution < -0.4 is 0 Å². The summed E-state index contributed by atoms with van der Waals surface area (Å²) >= 11 is 3.90. The van der Waals surface area contributed by atoms with Gasteiger partial charge in [0, 0.05) is 43.1 Å². The van der Waals surface area contributed by atoms with Crippen molar-refractivity contribution >= 4 is 58.0 Å². The molecule has 2 heterocycles. The van der Waals surface area contributed by atoms with Gasteiger partial charge in [-0.3, -0.25) is 9.98 Å². The molecule has 0 unspecified atom stereocenters. The van der Waals surface area contributed by atoms with Crippen molar-refractivity contribution in [1.29, 1.82) is 0 Å². The van der Waals surface area contributed by atoms with Gasteiger partial charge in [0.15, 0.2) is 0 Å². The van der Waals surface area contributed by atoms with Gasteiger partial charge in [-0.15, -0.1) is 22.7 Å². The smallest absolute Gasteiger partial charge is 0.124 e. The fourth-order valence-corrected chi connectivity index (χ4v) is 11.4. The third-order valence-corrected chi connectivity index (χ3v) is 15.4. The maximum absolute atomic E-state index is 10.5. The van der Waals surface area contributed by atoms with E-state index in [1.165, 1.54) is 170 Å². The van der Waals surface area contributed by atoms with E-state index >= 15 is 0 Å². The van der Waals surface area contributed by atoms with Crippen LogP contribution in [0.3, 0.4) is 0 Å². The topological polar surface area (TPSA) is 65.2 Å². The van der Waals surface area contributed by atoms with Crippen LogP contribution in [0.2, 0.25) is 0 Å². The Kier molecular flexibility index (Phi) is 23.2. The Labute approximate surface area is 417 Å². The van der Waals surface area contributed by atoms with Crippen molar-refractivity contribution < 1.29 is 10.2 Å². The van der Waals surface area contributed by atoms with Crippen LogP contribution in [0.25, 0.3) is 42.2 Å². The maximum atomic E-state index is 10.5. The first-order chi connectivity index (χ1) is 33.5. The zero-order chi connectivity index (χ0) is 47.4. The highest BCUT2D eigenvalue weighted by atomic mass is 32.1. The second kappa shape index (κ2) is 30.2. The Balaban J connectivity index is 1.22. The SMILES string of the molecule is CCCCCCCCCCCCc1cc(-c2ccc(N=C/C=C(\O)c3ccccc3)cc2)sc1-c1sc(-c2ccc(N=C/C=C(\O)c3ccccc3)cc2)cc1CCCCCCCCCCCC. The number of aryl methyl sites for hydroxylation is 2. The fraction of sp³-hybridized carbons (Fsp3) is 0.387. The molecule has 0 atom stereocenters. The molecule has 0 aliphatic carbocycles. The van der Waals surface area contributed by atoms with Gasteiger partial charge in [0.1, 0.15) is 11.5 Å². The maximum Gasteiger partial charge on any atom is 0.124 e. The molecule has 4 aromatic carbocycles. The second-order valence-electron chi connectivity index (χ2n) is 18.3. The van der Waals surface area contributed by atoms with Gasteiger partial charge in [-0.25, -0.2) is 0 Å². The zero-order valence-electron chi connectivity index (χ0n) is 41.0. The first-order valence-corrected chi connectivity index (χ1v) is 27.6. The molecule has 0 aliphatic heterocycles. The molecule has 0 spiro atoms. The molecule has 68 heavy (non-hydrogen) atoms. The summed E-state index contributed by atoms with van der Waals surface area (Å²) < 4.78 is 0. The van der Waals surface area contributed by atoms with E-state index in [1.807, 2.05) is 83.3 Å². The predicted octanol–water partition coefficient (Wildman–Crippen LogP) is 20.3. The van der Waals surface area contributed by atoms with Crippen LogP contribution in [0.1, 0.15) is 165 Å². The predicted molar refractivity (Wildman–Crippen MR) is 300 cm³/mol. The minimum Gasteiger partial charge on any atom is -0.507 e. The summed E-state index contributed by atoms with van der Waals surface area (Å²) in [5.41, 5.74) is 8.63. The third kappa shape index (κ3) is 17.7. The highest BCUT2D eigenvalue weighted by molar-refractivity contribution is 7.25. The molecule has 0 radical (unpaired) electrons. The Bertz CT molecular complexity index is 2270. The monoisotopic (exact) mass is 945 g/mol. The summed E-state index contributed by atoms with van der Waals surface area (Å²) in [6.07, 6.45) is 35.5. The van der Waals surface area contributed by atoms with E-state index in [0.717, 1.165) is 35.3 Å². The van der Waals surface area contributed by atoms with Gasteiger partial charge in [-0.2, -0.15) is 0 Å². The van der Waals surface area contributed by atoms with E-state index in [2.05, 4.69) is 84.5 Å². The summed E-state index contributed by atoms with van der Waals surface area (Å²) in [6.45, 7) is 4.59. The molecule has 0 saturated carbocycles. The third-order valence-electron chi connectivity index (χ3n) is 12.8. The molecule has 6 heteroatoms. The molecule has 2 aromatic heterocycles. The number of benzene rings is 4. The number of hydrogen-bond donors (Lipinski definition) is 2. The summed E-state index contributed by atoms with van der Waals surface area (Å²) in [5.74, 6) is 0.402. The van der Waals surface area contributed by atoms with Gasteiger partial charge in [-0.1, -0.05) is 214 Å². The molecule has 6 aromatic rings. The van der Waals surface area contributed by atoms with E-state index in [1.54, 1.807) is 24.6 Å². The minimum atomic E-state index is 0.201. The van der Waals surface area contributed by atoms with E-state index in [-0.39, 0.29) is 11.5 Å². The lowest BCUT2D eigenvalue weighted by Crippen LogP contribution is -1.90. The number of allylic oxidation sites excluding steroid dienone is 2. The van der Waals surface area contributed by atoms with Crippen LogP contribution in [0, 0.1) is 0 Å². The number of thiophene rings is 2. The van der Waals surface area contributed by atoms with E-state index in [9.17, 15) is 10.2 Å². The standard InChI is InChI=1S/C62H76N2O2S2/c1-3-5-7-9-11-13-15-17-19-23-33-53-47-59(51-35-39-55(40-36-51)63-45-43-57(65)49-29-25-21-26-30-49)67-61(53)62-54(34-24-20-18-16-14-12-10-8-6-4-2)48-60(68-62)52-37-41-56(42-38-52)64-46-44-58(66)50-31-27-22-28-32-50/h21-22,25-32,35-48,65-66H,3-20,23-24,33-34H2,1-2H3/b57-43-,58-44-,63-45?,64-46?. The van der Waals surface area contributed by atoms with Gasteiger partial charge in [0.25, 0.3) is 0 Å². The Hall–Kier alpha value is -5.30. The number of rotatable bonds is 31. The van der Waals surface area contributed by atoms with E-state index in [0.29, 0.717) is 0 Å². The molecular formula is C62H76N2O2S2. The highest BCUT2D eigenvalue weighted by Gasteiger charge is 2.19. The number of aliphatic hydroxyl groups excluding tert-OH is 2. The van der Waals surface area contributed by atoms with Crippen LogP contribution in [0.4, 0.5) is 11.4 Å². The minimum absolute atomic E-state index is 0.201. The number of aliphatic imine (C=N–C) groups is 2. The second-order valence-corrected chi connectivity index (χ2v) is 20.4. The Morgan fingerprint density at radius 3 is 1.07 bits per heavy atom. The molecule has 0 aliphatic rings. The molecule has 0 fully saturated rings. The van der Waals surface area contributed by atoms with Crippen LogP contribution in [0.15, 0.2) is 143 Å². The average Bonchev–Trinajstić information content (AvgIpc) is 4.00. The van der Waals surface area contributed by atoms with Crippen molar-refractivity contribution in [3.63, 3.8) is 0 Å². The Morgan fingerprint density at radius 1 is 0.412 bits per heavy atom. The molecular weight excluding hydrogens is 869 g/mol. The summed E-state index contributed by atoms with van der Waals surface area (Å²) in [6, 6.07) is 41.2. The number of nitrogens with zero attached hydrogens (tertiary/aromatic N) is 2. The summed E-state index contributed by atoms with van der Waals surface area (Å²) in [5, 5.41) is 21.0. The number of unbranched alkanes of at least 4 members (excludes halogenated alkanes) is 18. The van der Waals surface area contributed by atoms with E-state index < -0.39 is 0 Å². The largest absolute Gasteiger partial charge is 0.507 e. The molecule has 0 saturated heterocycles. The van der Waals surface area contributed by atoms with Gasteiger partial charge >= 0.3 is 0 Å². The van der Waals surface area contributed by atoms with Crippen LogP contribution in [-0.2, 0) is 12.8 Å². The number of aliphatic hydroxyl groups is 2. The molecule has 6 rings (SSSR count). The van der Waals surface area contributed by atoms with Crippen molar-refractivity contribution in [3.8, 4) is 30.6 Å². The van der Waals surface area contributed by atoms with Crippen LogP contribution in [-0.4, -0.2) is 22.6 Å². The van der Waals surface area contributed by atoms with Gasteiger partial charge in [-0.05, 0) is 96.5 Å². The summed E-state index contributed by atoms with van der Waals surface area (Å²) in [4.78, 5) is 14.7. The highest BCUT2D eigenvalue weighted by Crippen LogP contribution is 2.46. The molecule has 4 nitrogen and oxygen atoms in total. The first-order valence-electron chi connectivity index (χ1n) is 26.0. The summed E-state index contributed by atoms with van der Waals surface area (Å²) in [7, 11) is 0. The fourth-order valence-electron chi connectivity index (χ4n) is 8.73. The zero-order valence-corrected chi connectivity index (χ0v) is 42.7. The lowest BCUT2D eigenvalue weighted by Gasteiger charge is -2.07. The van der Waals surface area contributed by atoms with E-state index in [4.69, 9.17) is 0 Å². The molecule has 0 amide bonds. The van der Waals surface area contributed by atoms with Crippen molar-refractivity contribution in [1.82, 2.24) is 0 Å². The first kappa shape index (κ1) is 52.1. The lowest BCUT2D eigenvalue weighted by molar-refractivity contribution is 0.512. The van der Waals surface area contributed by atoms with Gasteiger partial charge in [0.2, 0.25) is 0 Å². The van der Waals surface area contributed by atoms with Crippen LogP contribution >= 0.6 is 22.7 Å². The van der Waals surface area contributed by atoms with Crippen molar-refractivity contribution in [2.24, 2.45) is 9.98 Å². The molecule has 2 N–H and O–H groups in total. The molecule has 358 valence electrons. The Morgan fingerprint density at radius 2 is 0.735 bits per heavy atom. The average molecular weight is 945 g/mol. The normalized spacial score (nSPS) is 12.3. The number of hydrogen-bond acceptors (Lipinski definition) is 6. The van der Waals surface area contributed by atoms with Crippen molar-refractivity contribution in [2.45, 2.75) is 155 Å². The van der Waals surface area contributed by atoms with Crippen molar-refractivity contribution in [2.75, 3.05) is 0 Å². The lowest BCUT2D eigenvalue weighted by atomic mass is 10.00.